The fraction of sp³-hybridized carbons (Fsp3) is 0.421. The van der Waals surface area contributed by atoms with Crippen LogP contribution in [0.2, 0.25) is 0 Å². The summed E-state index contributed by atoms with van der Waals surface area (Å²) in [5, 5.41) is 3.58. The second kappa shape index (κ2) is 8.80. The number of aryl methyl sites for hydroxylation is 1. The summed E-state index contributed by atoms with van der Waals surface area (Å²) in [6, 6.07) is 6.93. The van der Waals surface area contributed by atoms with Gasteiger partial charge in [0, 0.05) is 4.70 Å². The zero-order chi connectivity index (χ0) is 19.3. The van der Waals surface area contributed by atoms with Crippen LogP contribution in [0.3, 0.4) is 0 Å². The second-order valence-electron chi connectivity index (χ2n) is 6.08. The average molecular weight is 377 g/mol. The summed E-state index contributed by atoms with van der Waals surface area (Å²) in [7, 11) is 1.27. The molecule has 1 aromatic heterocycles. The van der Waals surface area contributed by atoms with Crippen LogP contribution < -0.4 is 5.32 Å². The average Bonchev–Trinajstić information content (AvgIpc) is 3.00. The molecule has 2 aromatic rings. The monoisotopic (exact) mass is 377 g/mol. The molecule has 1 amide bonds. The highest BCUT2D eigenvalue weighted by molar-refractivity contribution is 7.21. The molecule has 140 valence electrons. The minimum atomic E-state index is -0.762. The minimum absolute atomic E-state index is 0.0908. The Morgan fingerprint density at radius 3 is 2.54 bits per heavy atom. The van der Waals surface area contributed by atoms with Gasteiger partial charge in [0.2, 0.25) is 0 Å². The molecule has 0 aliphatic rings. The number of amides is 1. The summed E-state index contributed by atoms with van der Waals surface area (Å²) in [6.07, 6.45) is 0.695. The molecule has 0 saturated heterocycles. The fourth-order valence-electron chi connectivity index (χ4n) is 2.58. The van der Waals surface area contributed by atoms with Gasteiger partial charge in [0.1, 0.15) is 10.9 Å². The summed E-state index contributed by atoms with van der Waals surface area (Å²) in [5.41, 5.74) is 0.836. The number of methoxy groups -OCH3 is 1. The number of rotatable bonds is 7. The van der Waals surface area contributed by atoms with Crippen LogP contribution in [0.15, 0.2) is 24.3 Å². The van der Waals surface area contributed by atoms with E-state index in [-0.39, 0.29) is 5.92 Å². The first-order valence-electron chi connectivity index (χ1n) is 8.41. The Morgan fingerprint density at radius 1 is 1.23 bits per heavy atom. The van der Waals surface area contributed by atoms with Gasteiger partial charge in [0.05, 0.1) is 7.11 Å². The summed E-state index contributed by atoms with van der Waals surface area (Å²) < 4.78 is 10.8. The third-order valence-corrected chi connectivity index (χ3v) is 5.60. The molecule has 2 atom stereocenters. The van der Waals surface area contributed by atoms with Crippen molar-refractivity contribution in [3.63, 3.8) is 0 Å². The molecule has 6 nitrogen and oxygen atoms in total. The van der Waals surface area contributed by atoms with Gasteiger partial charge < -0.3 is 14.8 Å². The van der Waals surface area contributed by atoms with Crippen molar-refractivity contribution in [2.75, 3.05) is 13.7 Å². The van der Waals surface area contributed by atoms with E-state index >= 15 is 0 Å². The van der Waals surface area contributed by atoms with Crippen LogP contribution in [0.5, 0.6) is 0 Å². The van der Waals surface area contributed by atoms with E-state index in [0.29, 0.717) is 11.3 Å². The van der Waals surface area contributed by atoms with Crippen molar-refractivity contribution in [1.82, 2.24) is 5.32 Å². The molecule has 7 heteroatoms. The van der Waals surface area contributed by atoms with E-state index in [1.54, 1.807) is 0 Å². The van der Waals surface area contributed by atoms with Gasteiger partial charge in [-0.3, -0.25) is 4.79 Å². The van der Waals surface area contributed by atoms with Gasteiger partial charge in [-0.2, -0.15) is 0 Å². The first kappa shape index (κ1) is 19.9. The van der Waals surface area contributed by atoms with Crippen molar-refractivity contribution in [2.24, 2.45) is 5.92 Å². The molecule has 0 radical (unpaired) electrons. The molecular formula is C19H23NO5S. The lowest BCUT2D eigenvalue weighted by Crippen LogP contribution is -2.47. The molecule has 1 aromatic carbocycles. The quantitative estimate of drug-likeness (QED) is 0.750. The Bertz CT molecular complexity index is 813. The SMILES string of the molecule is CC[C@@H](C)[C@@H](NC(=O)COC(=O)c1sc2ccccc2c1C)C(=O)OC. The molecule has 0 spiro atoms. The zero-order valence-corrected chi connectivity index (χ0v) is 16.1. The maximum absolute atomic E-state index is 12.3. The molecule has 0 aliphatic heterocycles. The third-order valence-electron chi connectivity index (χ3n) is 4.35. The number of hydrogen-bond donors (Lipinski definition) is 1. The van der Waals surface area contributed by atoms with E-state index in [1.165, 1.54) is 18.4 Å². The zero-order valence-electron chi connectivity index (χ0n) is 15.3. The third kappa shape index (κ3) is 4.40. The Balaban J connectivity index is 2.00. The molecule has 1 heterocycles. The van der Waals surface area contributed by atoms with E-state index in [2.05, 4.69) is 5.32 Å². The highest BCUT2D eigenvalue weighted by atomic mass is 32.1. The van der Waals surface area contributed by atoms with Crippen molar-refractivity contribution in [2.45, 2.75) is 33.2 Å². The molecule has 0 saturated carbocycles. The number of esters is 2. The fourth-order valence-corrected chi connectivity index (χ4v) is 3.68. The summed E-state index contributed by atoms with van der Waals surface area (Å²) in [6.45, 7) is 5.16. The number of carbonyl (C=O) groups is 3. The van der Waals surface area contributed by atoms with E-state index in [1.807, 2.05) is 45.0 Å². The predicted octanol–water partition coefficient (Wildman–Crippen LogP) is 3.07. The van der Waals surface area contributed by atoms with Crippen molar-refractivity contribution in [1.29, 1.82) is 0 Å². The second-order valence-corrected chi connectivity index (χ2v) is 7.13. The smallest absolute Gasteiger partial charge is 0.349 e. The highest BCUT2D eigenvalue weighted by Gasteiger charge is 2.27. The van der Waals surface area contributed by atoms with E-state index < -0.39 is 30.5 Å². The molecule has 0 bridgehead atoms. The van der Waals surface area contributed by atoms with Gasteiger partial charge in [-0.25, -0.2) is 9.59 Å². The maximum atomic E-state index is 12.3. The normalized spacial score (nSPS) is 13.1. The van der Waals surface area contributed by atoms with E-state index in [0.717, 1.165) is 15.6 Å². The lowest BCUT2D eigenvalue weighted by atomic mass is 9.99. The van der Waals surface area contributed by atoms with Crippen molar-refractivity contribution < 1.29 is 23.9 Å². The number of ether oxygens (including phenoxy) is 2. The number of benzene rings is 1. The van der Waals surface area contributed by atoms with Gasteiger partial charge >= 0.3 is 11.9 Å². The van der Waals surface area contributed by atoms with Crippen LogP contribution in [0.4, 0.5) is 0 Å². The van der Waals surface area contributed by atoms with Crippen LogP contribution in [0.1, 0.15) is 35.5 Å². The summed E-state index contributed by atoms with van der Waals surface area (Å²) in [4.78, 5) is 36.7. The lowest BCUT2D eigenvalue weighted by Gasteiger charge is -2.21. The molecule has 1 N–H and O–H groups in total. The topological polar surface area (TPSA) is 81.7 Å². The lowest BCUT2D eigenvalue weighted by molar-refractivity contribution is -0.147. The Kier molecular flexibility index (Phi) is 6.74. The van der Waals surface area contributed by atoms with Gasteiger partial charge in [-0.15, -0.1) is 11.3 Å². The van der Waals surface area contributed by atoms with Crippen LogP contribution >= 0.6 is 11.3 Å². The van der Waals surface area contributed by atoms with Crippen molar-refractivity contribution >= 4 is 39.3 Å². The van der Waals surface area contributed by atoms with Crippen LogP contribution in [-0.2, 0) is 19.1 Å². The van der Waals surface area contributed by atoms with Crippen LogP contribution in [0, 0.1) is 12.8 Å². The number of thiophene rings is 1. The minimum Gasteiger partial charge on any atom is -0.467 e. The summed E-state index contributed by atoms with van der Waals surface area (Å²) >= 11 is 1.33. The molecule has 2 rings (SSSR count). The maximum Gasteiger partial charge on any atom is 0.349 e. The van der Waals surface area contributed by atoms with Crippen molar-refractivity contribution in [3.8, 4) is 0 Å². The Morgan fingerprint density at radius 2 is 1.92 bits per heavy atom. The largest absolute Gasteiger partial charge is 0.467 e. The molecular weight excluding hydrogens is 354 g/mol. The van der Waals surface area contributed by atoms with Crippen LogP contribution in [-0.4, -0.2) is 37.6 Å². The Hall–Kier alpha value is -2.41. The number of hydrogen-bond acceptors (Lipinski definition) is 6. The van der Waals surface area contributed by atoms with Gasteiger partial charge in [0.25, 0.3) is 5.91 Å². The molecule has 26 heavy (non-hydrogen) atoms. The first-order chi connectivity index (χ1) is 12.4. The molecule has 0 fully saturated rings. The van der Waals surface area contributed by atoms with E-state index in [9.17, 15) is 14.4 Å². The Labute approximate surface area is 156 Å². The molecule has 0 aliphatic carbocycles. The van der Waals surface area contributed by atoms with Gasteiger partial charge in [-0.05, 0) is 29.9 Å². The van der Waals surface area contributed by atoms with Gasteiger partial charge in [-0.1, -0.05) is 38.5 Å². The number of carbonyl (C=O) groups excluding carboxylic acids is 3. The molecule has 0 unspecified atom stereocenters. The number of fused-ring (bicyclic) bond motifs is 1. The standard InChI is InChI=1S/C19H23NO5S/c1-5-11(2)16(18(22)24-4)20-15(21)10-25-19(23)17-12(3)13-8-6-7-9-14(13)26-17/h6-9,11,16H,5,10H2,1-4H3,(H,20,21)/t11-,16-/m1/s1. The summed E-state index contributed by atoms with van der Waals surface area (Å²) in [5.74, 6) is -1.68. The highest BCUT2D eigenvalue weighted by Crippen LogP contribution is 2.30. The van der Waals surface area contributed by atoms with Crippen molar-refractivity contribution in [3.05, 3.63) is 34.7 Å². The van der Waals surface area contributed by atoms with Crippen LogP contribution in [0.25, 0.3) is 10.1 Å². The number of nitrogens with one attached hydrogen (secondary N) is 1. The van der Waals surface area contributed by atoms with E-state index in [4.69, 9.17) is 9.47 Å². The predicted molar refractivity (Wildman–Crippen MR) is 100 cm³/mol. The first-order valence-corrected chi connectivity index (χ1v) is 9.23. The van der Waals surface area contributed by atoms with Gasteiger partial charge in [0.15, 0.2) is 6.61 Å².